The Bertz CT molecular complexity index is 662. The van der Waals surface area contributed by atoms with Gasteiger partial charge in [0.25, 0.3) is 11.1 Å². The Kier molecular flexibility index (Phi) is 4.84. The lowest BCUT2D eigenvalue weighted by Crippen LogP contribution is -2.54. The van der Waals surface area contributed by atoms with Gasteiger partial charge >= 0.3 is 0 Å². The summed E-state index contributed by atoms with van der Waals surface area (Å²) in [5, 5.41) is 2.28. The van der Waals surface area contributed by atoms with E-state index in [2.05, 4.69) is 5.32 Å². The Labute approximate surface area is 141 Å². The van der Waals surface area contributed by atoms with Crippen molar-refractivity contribution in [3.63, 3.8) is 0 Å². The number of halogens is 2. The van der Waals surface area contributed by atoms with Gasteiger partial charge in [0.2, 0.25) is 5.91 Å². The van der Waals surface area contributed by atoms with E-state index >= 15 is 0 Å². The average molecular weight is 354 g/mol. The molecule has 2 fully saturated rings. The third-order valence-electron chi connectivity index (χ3n) is 4.35. The van der Waals surface area contributed by atoms with E-state index in [1.807, 2.05) is 0 Å². The van der Waals surface area contributed by atoms with Crippen molar-refractivity contribution in [3.05, 3.63) is 35.4 Å². The molecule has 1 N–H and O–H groups in total. The number of hydrogen-bond acceptors (Lipinski definition) is 4. The predicted molar refractivity (Wildman–Crippen MR) is 84.6 cm³/mol. The molecule has 1 aliphatic heterocycles. The monoisotopic (exact) mass is 354 g/mol. The van der Waals surface area contributed by atoms with Crippen LogP contribution in [0.4, 0.5) is 13.6 Å². The van der Waals surface area contributed by atoms with E-state index in [-0.39, 0.29) is 16.9 Å². The van der Waals surface area contributed by atoms with Crippen LogP contribution in [-0.2, 0) is 4.79 Å². The number of carbonyl (C=O) groups is 3. The fourth-order valence-corrected chi connectivity index (χ4v) is 3.99. The molecule has 1 aromatic carbocycles. The molecule has 8 heteroatoms. The van der Waals surface area contributed by atoms with E-state index in [1.165, 1.54) is 11.0 Å². The van der Waals surface area contributed by atoms with E-state index in [9.17, 15) is 23.2 Å². The van der Waals surface area contributed by atoms with Crippen molar-refractivity contribution in [2.75, 3.05) is 5.75 Å². The highest BCUT2D eigenvalue weighted by Gasteiger charge is 2.41. The van der Waals surface area contributed by atoms with Crippen LogP contribution in [-0.4, -0.2) is 39.8 Å². The van der Waals surface area contributed by atoms with E-state index in [4.69, 9.17) is 0 Å². The van der Waals surface area contributed by atoms with E-state index in [0.717, 1.165) is 36.7 Å². The largest absolute Gasteiger partial charge is 0.347 e. The van der Waals surface area contributed by atoms with Gasteiger partial charge in [-0.1, -0.05) is 30.7 Å². The Hall–Kier alpha value is -1.96. The summed E-state index contributed by atoms with van der Waals surface area (Å²) in [7, 11) is 0. The van der Waals surface area contributed by atoms with Crippen LogP contribution in [0.5, 0.6) is 0 Å². The van der Waals surface area contributed by atoms with Crippen LogP contribution in [0.15, 0.2) is 18.2 Å². The van der Waals surface area contributed by atoms with Gasteiger partial charge in [-0.3, -0.25) is 19.3 Å². The molecule has 1 aliphatic carbocycles. The molecule has 1 heterocycles. The van der Waals surface area contributed by atoms with Crippen molar-refractivity contribution in [3.8, 4) is 0 Å². The van der Waals surface area contributed by atoms with Crippen molar-refractivity contribution in [1.82, 2.24) is 10.2 Å². The van der Waals surface area contributed by atoms with Crippen LogP contribution in [0.3, 0.4) is 0 Å². The summed E-state index contributed by atoms with van der Waals surface area (Å²) in [5.74, 6) is -2.94. The molecule has 0 aromatic heterocycles. The first-order chi connectivity index (χ1) is 11.5. The molecule has 2 aliphatic rings. The molecule has 3 amide bonds. The molecule has 3 rings (SSSR count). The third-order valence-corrected chi connectivity index (χ3v) is 5.19. The number of hydrogen-bond donors (Lipinski definition) is 1. The molecule has 1 aromatic rings. The lowest BCUT2D eigenvalue weighted by Gasteiger charge is -2.36. The number of nitrogens with zero attached hydrogens (tertiary/aromatic N) is 1. The van der Waals surface area contributed by atoms with Crippen LogP contribution in [0.2, 0.25) is 0 Å². The quantitative estimate of drug-likeness (QED) is 0.906. The number of imide groups is 1. The van der Waals surface area contributed by atoms with Gasteiger partial charge < -0.3 is 5.32 Å². The SMILES string of the molecule is O=C(NC1CCCCC1N1C(=O)CSC1=O)c1c(F)cccc1F. The second-order valence-electron chi connectivity index (χ2n) is 5.85. The van der Waals surface area contributed by atoms with Crippen LogP contribution in [0, 0.1) is 11.6 Å². The second kappa shape index (κ2) is 6.88. The van der Waals surface area contributed by atoms with Gasteiger partial charge in [0.15, 0.2) is 0 Å². The van der Waals surface area contributed by atoms with Crippen molar-refractivity contribution in [2.45, 2.75) is 37.8 Å². The first-order valence-corrected chi connectivity index (χ1v) is 8.71. The Morgan fingerprint density at radius 1 is 1.17 bits per heavy atom. The third kappa shape index (κ3) is 3.15. The zero-order valence-electron chi connectivity index (χ0n) is 12.8. The summed E-state index contributed by atoms with van der Waals surface area (Å²) in [5.41, 5.74) is -0.643. The Balaban J connectivity index is 1.80. The van der Waals surface area contributed by atoms with Gasteiger partial charge in [0, 0.05) is 0 Å². The normalized spacial score (nSPS) is 24.3. The summed E-state index contributed by atoms with van der Waals surface area (Å²) in [4.78, 5) is 37.4. The van der Waals surface area contributed by atoms with E-state index in [0.29, 0.717) is 12.8 Å². The first-order valence-electron chi connectivity index (χ1n) is 7.72. The van der Waals surface area contributed by atoms with Crippen molar-refractivity contribution < 1.29 is 23.2 Å². The molecular weight excluding hydrogens is 338 g/mol. The molecule has 5 nitrogen and oxygen atoms in total. The molecule has 128 valence electrons. The Morgan fingerprint density at radius 2 is 1.83 bits per heavy atom. The molecule has 0 bridgehead atoms. The molecular formula is C16H16F2N2O3S. The first kappa shape index (κ1) is 16.9. The lowest BCUT2D eigenvalue weighted by molar-refractivity contribution is -0.127. The van der Waals surface area contributed by atoms with Crippen LogP contribution in [0.1, 0.15) is 36.0 Å². The summed E-state index contributed by atoms with van der Waals surface area (Å²) < 4.78 is 27.5. The summed E-state index contributed by atoms with van der Waals surface area (Å²) >= 11 is 0.934. The number of carbonyl (C=O) groups excluding carboxylic acids is 3. The van der Waals surface area contributed by atoms with Crippen LogP contribution < -0.4 is 5.32 Å². The molecule has 2 unspecified atom stereocenters. The van der Waals surface area contributed by atoms with Gasteiger partial charge in [-0.25, -0.2) is 8.78 Å². The van der Waals surface area contributed by atoms with Crippen molar-refractivity contribution in [1.29, 1.82) is 0 Å². The van der Waals surface area contributed by atoms with E-state index < -0.39 is 35.2 Å². The number of thioether (sulfide) groups is 1. The van der Waals surface area contributed by atoms with Gasteiger partial charge in [-0.15, -0.1) is 0 Å². The molecule has 0 spiro atoms. The highest BCUT2D eigenvalue weighted by molar-refractivity contribution is 8.14. The van der Waals surface area contributed by atoms with E-state index in [1.54, 1.807) is 0 Å². The molecule has 1 saturated heterocycles. The average Bonchev–Trinajstić information content (AvgIpc) is 2.87. The minimum Gasteiger partial charge on any atom is -0.347 e. The standard InChI is InChI=1S/C16H16F2N2O3S/c17-9-4-3-5-10(18)14(9)15(22)19-11-6-1-2-7-12(11)20-13(21)8-24-16(20)23/h3-5,11-12H,1-2,6-8H2,(H,19,22). The molecule has 1 saturated carbocycles. The molecule has 2 atom stereocenters. The maximum absolute atomic E-state index is 13.8. The lowest BCUT2D eigenvalue weighted by atomic mass is 9.89. The Morgan fingerprint density at radius 3 is 2.46 bits per heavy atom. The second-order valence-corrected chi connectivity index (χ2v) is 6.77. The zero-order chi connectivity index (χ0) is 17.3. The van der Waals surface area contributed by atoms with Crippen molar-refractivity contribution >= 4 is 28.8 Å². The molecule has 0 radical (unpaired) electrons. The topological polar surface area (TPSA) is 66.5 Å². The number of amides is 3. The fourth-order valence-electron chi connectivity index (χ4n) is 3.23. The number of benzene rings is 1. The zero-order valence-corrected chi connectivity index (χ0v) is 13.6. The van der Waals surface area contributed by atoms with Crippen LogP contribution >= 0.6 is 11.8 Å². The van der Waals surface area contributed by atoms with Gasteiger partial charge in [-0.2, -0.15) is 0 Å². The van der Waals surface area contributed by atoms with Crippen molar-refractivity contribution in [2.24, 2.45) is 0 Å². The molecule has 24 heavy (non-hydrogen) atoms. The van der Waals surface area contributed by atoms with Gasteiger partial charge in [0.05, 0.1) is 17.8 Å². The minimum atomic E-state index is -0.941. The fraction of sp³-hybridized carbons (Fsp3) is 0.438. The highest BCUT2D eigenvalue weighted by atomic mass is 32.2. The van der Waals surface area contributed by atoms with Gasteiger partial charge in [-0.05, 0) is 25.0 Å². The predicted octanol–water partition coefficient (Wildman–Crippen LogP) is 2.70. The minimum absolute atomic E-state index is 0.0952. The smallest absolute Gasteiger partial charge is 0.289 e. The summed E-state index contributed by atoms with van der Waals surface area (Å²) in [6.45, 7) is 0. The maximum atomic E-state index is 13.8. The number of nitrogens with one attached hydrogen (secondary N) is 1. The number of rotatable bonds is 3. The van der Waals surface area contributed by atoms with Crippen LogP contribution in [0.25, 0.3) is 0 Å². The van der Waals surface area contributed by atoms with Gasteiger partial charge in [0.1, 0.15) is 17.2 Å². The summed E-state index contributed by atoms with van der Waals surface area (Å²) in [6, 6.07) is 2.24. The maximum Gasteiger partial charge on any atom is 0.289 e. The summed E-state index contributed by atoms with van der Waals surface area (Å²) in [6.07, 6.45) is 2.76. The highest BCUT2D eigenvalue weighted by Crippen LogP contribution is 2.30.